The summed E-state index contributed by atoms with van der Waals surface area (Å²) in [6.45, 7) is 15.0. The number of carboxylic acids is 1. The Morgan fingerprint density at radius 3 is 2.41 bits per heavy atom. The molecule has 0 aliphatic heterocycles. The molecule has 2 unspecified atom stereocenters. The van der Waals surface area contributed by atoms with E-state index in [1.165, 1.54) is 5.56 Å². The number of carboxylic acid groups (broad SMARTS) is 1. The summed E-state index contributed by atoms with van der Waals surface area (Å²) in [7, 11) is 0. The second-order valence-electron chi connectivity index (χ2n) is 10.2. The molecule has 0 spiro atoms. The van der Waals surface area contributed by atoms with E-state index in [1.807, 2.05) is 32.1 Å². The summed E-state index contributed by atoms with van der Waals surface area (Å²) in [6, 6.07) is 8.32. The maximum absolute atomic E-state index is 11.1. The summed E-state index contributed by atoms with van der Waals surface area (Å²) in [5.74, 6) is 0.222. The van der Waals surface area contributed by atoms with Crippen LogP contribution in [0.1, 0.15) is 85.1 Å². The summed E-state index contributed by atoms with van der Waals surface area (Å²) < 4.78 is 6.04. The number of hydrogen-bond donors (Lipinski definition) is 2. The first kappa shape index (κ1) is 32.4. The van der Waals surface area contributed by atoms with Crippen molar-refractivity contribution < 1.29 is 14.6 Å². The van der Waals surface area contributed by atoms with Gasteiger partial charge in [-0.3, -0.25) is 4.79 Å². The van der Waals surface area contributed by atoms with Gasteiger partial charge in [0.25, 0.3) is 0 Å². The van der Waals surface area contributed by atoms with Crippen molar-refractivity contribution in [2.75, 3.05) is 6.61 Å². The van der Waals surface area contributed by atoms with Crippen LogP contribution >= 0.6 is 12.2 Å². The fourth-order valence-electron chi connectivity index (χ4n) is 4.10. The SMILES string of the molecule is C=C(CCCc1ccc(OCC(CCC)CCC(C)C(=O)O)cc1)CC(N)=C(C)C=C(C)C(C)=CC=S. The quantitative estimate of drug-likeness (QED) is 0.0871. The van der Waals surface area contributed by atoms with Crippen molar-refractivity contribution in [2.24, 2.45) is 17.6 Å². The molecular weight excluding hydrogens is 478 g/mol. The summed E-state index contributed by atoms with van der Waals surface area (Å²) in [6.07, 6.45) is 11.4. The third-order valence-electron chi connectivity index (χ3n) is 6.85. The molecule has 0 aliphatic rings. The topological polar surface area (TPSA) is 72.5 Å². The van der Waals surface area contributed by atoms with Gasteiger partial charge in [0.2, 0.25) is 0 Å². The van der Waals surface area contributed by atoms with Gasteiger partial charge >= 0.3 is 5.97 Å². The molecule has 0 radical (unpaired) electrons. The van der Waals surface area contributed by atoms with Crippen molar-refractivity contribution in [3.8, 4) is 5.75 Å². The van der Waals surface area contributed by atoms with Crippen LogP contribution in [0.15, 0.2) is 71.0 Å². The Morgan fingerprint density at radius 1 is 1.14 bits per heavy atom. The van der Waals surface area contributed by atoms with E-state index in [1.54, 1.807) is 12.3 Å². The van der Waals surface area contributed by atoms with E-state index in [0.29, 0.717) is 25.4 Å². The highest BCUT2D eigenvalue weighted by Gasteiger charge is 2.15. The van der Waals surface area contributed by atoms with Crippen molar-refractivity contribution >= 4 is 23.6 Å². The van der Waals surface area contributed by atoms with E-state index in [2.05, 4.69) is 38.6 Å². The standard InChI is InChI=1S/C32H47NO3S/c1-7-9-29(13-12-25(4)32(34)35)22-36-30-16-14-28(15-17-30)11-8-10-23(2)20-31(33)27(6)21-26(5)24(3)18-19-37/h14-19,21,25,29H,2,7-13,20,22,33H2,1,3-6H3,(H,34,35). The van der Waals surface area contributed by atoms with Crippen LogP contribution in [0.4, 0.5) is 0 Å². The first-order valence-electron chi connectivity index (χ1n) is 13.4. The minimum atomic E-state index is -0.723. The summed E-state index contributed by atoms with van der Waals surface area (Å²) in [4.78, 5) is 11.1. The molecule has 5 heteroatoms. The highest BCUT2D eigenvalue weighted by molar-refractivity contribution is 7.79. The molecule has 3 N–H and O–H groups in total. The first-order valence-corrected chi connectivity index (χ1v) is 13.9. The number of nitrogens with two attached hydrogens (primary N) is 1. The Bertz CT molecular complexity index is 972. The number of thiocarbonyl (C=S) groups is 1. The lowest BCUT2D eigenvalue weighted by Crippen LogP contribution is -2.16. The molecule has 1 rings (SSSR count). The van der Waals surface area contributed by atoms with Crippen molar-refractivity contribution in [3.63, 3.8) is 0 Å². The average Bonchev–Trinajstić information content (AvgIpc) is 2.86. The van der Waals surface area contributed by atoms with Crippen LogP contribution in [0, 0.1) is 11.8 Å². The monoisotopic (exact) mass is 525 g/mol. The van der Waals surface area contributed by atoms with Crippen LogP contribution < -0.4 is 10.5 Å². The highest BCUT2D eigenvalue weighted by atomic mass is 32.1. The molecule has 1 aromatic rings. The molecule has 37 heavy (non-hydrogen) atoms. The van der Waals surface area contributed by atoms with Gasteiger partial charge in [-0.25, -0.2) is 0 Å². The Hall–Kier alpha value is -2.66. The van der Waals surface area contributed by atoms with Crippen molar-refractivity contribution in [2.45, 2.75) is 86.0 Å². The van der Waals surface area contributed by atoms with Gasteiger partial charge in [-0.15, -0.1) is 0 Å². The molecule has 0 fully saturated rings. The minimum absolute atomic E-state index is 0.306. The third-order valence-corrected chi connectivity index (χ3v) is 6.99. The van der Waals surface area contributed by atoms with Gasteiger partial charge in [-0.1, -0.05) is 62.8 Å². The second-order valence-corrected chi connectivity index (χ2v) is 10.5. The van der Waals surface area contributed by atoms with Gasteiger partial charge in [0.05, 0.1) is 12.5 Å². The van der Waals surface area contributed by atoms with Crippen molar-refractivity contribution in [3.05, 3.63) is 76.5 Å². The van der Waals surface area contributed by atoms with Gasteiger partial charge < -0.3 is 15.6 Å². The fraction of sp³-hybridized carbons (Fsp3) is 0.500. The highest BCUT2D eigenvalue weighted by Crippen LogP contribution is 2.22. The summed E-state index contributed by atoms with van der Waals surface area (Å²) in [5.41, 5.74) is 13.0. The Kier molecular flexibility index (Phi) is 15.5. The number of hydrogen-bond acceptors (Lipinski definition) is 4. The van der Waals surface area contributed by atoms with Gasteiger partial charge in [0.1, 0.15) is 5.75 Å². The summed E-state index contributed by atoms with van der Waals surface area (Å²) in [5, 5.41) is 10.8. The maximum atomic E-state index is 11.1. The molecule has 0 bridgehead atoms. The molecule has 0 aliphatic carbocycles. The summed E-state index contributed by atoms with van der Waals surface area (Å²) >= 11 is 4.91. The number of rotatable bonds is 18. The number of carbonyl (C=O) groups is 1. The number of allylic oxidation sites excluding steroid dienone is 6. The molecular formula is C32H47NO3S. The predicted octanol–water partition coefficient (Wildman–Crippen LogP) is 8.38. The van der Waals surface area contributed by atoms with Gasteiger partial charge in [0, 0.05) is 17.5 Å². The number of aliphatic carboxylic acids is 1. The Balaban J connectivity index is 2.50. The lowest BCUT2D eigenvalue weighted by atomic mass is 9.94. The van der Waals surface area contributed by atoms with Crippen molar-refractivity contribution in [1.29, 1.82) is 0 Å². The van der Waals surface area contributed by atoms with E-state index in [0.717, 1.165) is 72.3 Å². The molecule has 1 aromatic carbocycles. The normalized spacial score (nSPS) is 14.5. The van der Waals surface area contributed by atoms with Crippen LogP contribution in [0.25, 0.3) is 0 Å². The zero-order valence-electron chi connectivity index (χ0n) is 23.5. The van der Waals surface area contributed by atoms with E-state index in [9.17, 15) is 4.79 Å². The molecule has 4 nitrogen and oxygen atoms in total. The van der Waals surface area contributed by atoms with Crippen LogP contribution in [0.3, 0.4) is 0 Å². The van der Waals surface area contributed by atoms with Gasteiger partial charge in [-0.05, 0) is 106 Å². The molecule has 0 aromatic heterocycles. The average molecular weight is 526 g/mol. The predicted molar refractivity (Wildman–Crippen MR) is 161 cm³/mol. The number of aryl methyl sites for hydroxylation is 1. The molecule has 0 heterocycles. The minimum Gasteiger partial charge on any atom is -0.493 e. The number of ether oxygens (including phenoxy) is 1. The van der Waals surface area contributed by atoms with E-state index in [4.69, 9.17) is 27.8 Å². The third kappa shape index (κ3) is 13.5. The molecule has 204 valence electrons. The fourth-order valence-corrected chi connectivity index (χ4v) is 4.30. The Morgan fingerprint density at radius 2 is 1.81 bits per heavy atom. The molecule has 0 saturated carbocycles. The van der Waals surface area contributed by atoms with Crippen LogP contribution in [-0.4, -0.2) is 23.1 Å². The van der Waals surface area contributed by atoms with Crippen LogP contribution in [-0.2, 0) is 11.2 Å². The maximum Gasteiger partial charge on any atom is 0.306 e. The second kappa shape index (κ2) is 17.7. The van der Waals surface area contributed by atoms with E-state index >= 15 is 0 Å². The smallest absolute Gasteiger partial charge is 0.306 e. The zero-order chi connectivity index (χ0) is 27.8. The largest absolute Gasteiger partial charge is 0.493 e. The lowest BCUT2D eigenvalue weighted by Gasteiger charge is -2.18. The van der Waals surface area contributed by atoms with Gasteiger partial charge in [-0.2, -0.15) is 0 Å². The first-order chi connectivity index (χ1) is 17.6. The molecule has 0 saturated heterocycles. The van der Waals surface area contributed by atoms with E-state index in [-0.39, 0.29) is 5.92 Å². The van der Waals surface area contributed by atoms with Crippen LogP contribution in [0.5, 0.6) is 5.75 Å². The van der Waals surface area contributed by atoms with Gasteiger partial charge in [0.15, 0.2) is 0 Å². The Labute approximate surface area is 230 Å². The van der Waals surface area contributed by atoms with Crippen LogP contribution in [0.2, 0.25) is 0 Å². The molecule has 0 amide bonds. The van der Waals surface area contributed by atoms with Crippen molar-refractivity contribution in [1.82, 2.24) is 0 Å². The zero-order valence-corrected chi connectivity index (χ0v) is 24.3. The van der Waals surface area contributed by atoms with E-state index < -0.39 is 5.97 Å². The number of benzene rings is 1. The lowest BCUT2D eigenvalue weighted by molar-refractivity contribution is -0.141. The molecule has 2 atom stereocenters.